The molecule has 0 aromatic carbocycles. The molecule has 1 aliphatic carbocycles. The molecule has 0 aliphatic heterocycles. The van der Waals surface area contributed by atoms with E-state index >= 15 is 0 Å². The van der Waals surface area contributed by atoms with Gasteiger partial charge in [0.05, 0.1) is 5.60 Å². The molecule has 1 N–H and O–H groups in total. The van der Waals surface area contributed by atoms with Gasteiger partial charge >= 0.3 is 0 Å². The lowest BCUT2D eigenvalue weighted by molar-refractivity contribution is -0.102. The second-order valence-electron chi connectivity index (χ2n) is 6.25. The van der Waals surface area contributed by atoms with E-state index in [1.54, 1.807) is 7.11 Å². The third kappa shape index (κ3) is 5.01. The first-order chi connectivity index (χ1) is 9.70. The smallest absolute Gasteiger partial charge is 0.0837 e. The minimum absolute atomic E-state index is 0.0509. The van der Waals surface area contributed by atoms with Gasteiger partial charge in [0.15, 0.2) is 0 Å². The molecular formula is C17H35NO2. The van der Waals surface area contributed by atoms with E-state index in [0.717, 1.165) is 26.2 Å². The quantitative estimate of drug-likeness (QED) is 0.663. The standard InChI is InChI=1S/C17H35NO2/c1-5-13-18-16(15(3)10-14-19-4)17(20-6-2)11-8-7-9-12-17/h15-16,18H,5-14H2,1-4H3. The lowest BCUT2D eigenvalue weighted by Crippen LogP contribution is -2.57. The van der Waals surface area contributed by atoms with Crippen LogP contribution in [-0.4, -0.2) is 38.5 Å². The molecule has 0 saturated heterocycles. The first kappa shape index (κ1) is 17.9. The summed E-state index contributed by atoms with van der Waals surface area (Å²) in [5.74, 6) is 0.589. The Morgan fingerprint density at radius 1 is 1.15 bits per heavy atom. The topological polar surface area (TPSA) is 30.5 Å². The maximum Gasteiger partial charge on any atom is 0.0837 e. The second-order valence-corrected chi connectivity index (χ2v) is 6.25. The molecule has 2 unspecified atom stereocenters. The van der Waals surface area contributed by atoms with Gasteiger partial charge in [0, 0.05) is 26.4 Å². The highest BCUT2D eigenvalue weighted by atomic mass is 16.5. The van der Waals surface area contributed by atoms with E-state index in [4.69, 9.17) is 9.47 Å². The minimum atomic E-state index is 0.0509. The summed E-state index contributed by atoms with van der Waals surface area (Å²) in [7, 11) is 1.79. The van der Waals surface area contributed by atoms with Crippen molar-refractivity contribution >= 4 is 0 Å². The van der Waals surface area contributed by atoms with Gasteiger partial charge in [-0.25, -0.2) is 0 Å². The van der Waals surface area contributed by atoms with Gasteiger partial charge < -0.3 is 14.8 Å². The number of nitrogens with one attached hydrogen (secondary N) is 1. The van der Waals surface area contributed by atoms with Crippen molar-refractivity contribution in [3.8, 4) is 0 Å². The lowest BCUT2D eigenvalue weighted by Gasteiger charge is -2.46. The average molecular weight is 285 g/mol. The highest BCUT2D eigenvalue weighted by molar-refractivity contribution is 4.98. The van der Waals surface area contributed by atoms with Gasteiger partial charge in [-0.1, -0.05) is 33.1 Å². The molecule has 2 atom stereocenters. The van der Waals surface area contributed by atoms with Crippen LogP contribution in [0.4, 0.5) is 0 Å². The molecule has 0 heterocycles. The van der Waals surface area contributed by atoms with Crippen LogP contribution in [0, 0.1) is 5.92 Å². The highest BCUT2D eigenvalue weighted by Crippen LogP contribution is 2.38. The molecule has 0 bridgehead atoms. The second kappa shape index (κ2) is 9.75. The number of rotatable bonds is 10. The van der Waals surface area contributed by atoms with Gasteiger partial charge in [0.25, 0.3) is 0 Å². The van der Waals surface area contributed by atoms with E-state index < -0.39 is 0 Å². The lowest BCUT2D eigenvalue weighted by atomic mass is 9.74. The molecule has 0 spiro atoms. The Kier molecular flexibility index (Phi) is 8.74. The third-order valence-electron chi connectivity index (χ3n) is 4.66. The van der Waals surface area contributed by atoms with Crippen LogP contribution in [0.15, 0.2) is 0 Å². The maximum absolute atomic E-state index is 6.33. The maximum atomic E-state index is 6.33. The SMILES string of the molecule is CCCNC(C(C)CCOC)C1(OCC)CCCCC1. The van der Waals surface area contributed by atoms with E-state index in [1.807, 2.05) is 0 Å². The van der Waals surface area contributed by atoms with Crippen LogP contribution in [-0.2, 0) is 9.47 Å². The monoisotopic (exact) mass is 285 g/mol. The van der Waals surface area contributed by atoms with Crippen molar-refractivity contribution in [1.29, 1.82) is 0 Å². The summed E-state index contributed by atoms with van der Waals surface area (Å²) in [4.78, 5) is 0. The summed E-state index contributed by atoms with van der Waals surface area (Å²) >= 11 is 0. The molecule has 0 amide bonds. The van der Waals surface area contributed by atoms with Gasteiger partial charge in [-0.05, 0) is 45.1 Å². The Hall–Kier alpha value is -0.120. The molecule has 1 aliphatic rings. The zero-order chi connectivity index (χ0) is 14.8. The predicted octanol–water partition coefficient (Wildman–Crippen LogP) is 3.77. The van der Waals surface area contributed by atoms with Crippen LogP contribution in [0.2, 0.25) is 0 Å². The molecule has 0 radical (unpaired) electrons. The summed E-state index contributed by atoms with van der Waals surface area (Å²) < 4.78 is 11.6. The van der Waals surface area contributed by atoms with Gasteiger partial charge in [0.2, 0.25) is 0 Å². The molecular weight excluding hydrogens is 250 g/mol. The van der Waals surface area contributed by atoms with E-state index in [0.29, 0.717) is 12.0 Å². The molecule has 0 aromatic rings. The van der Waals surface area contributed by atoms with E-state index in [-0.39, 0.29) is 5.60 Å². The molecule has 20 heavy (non-hydrogen) atoms. The van der Waals surface area contributed by atoms with E-state index in [2.05, 4.69) is 26.1 Å². The number of hydrogen-bond donors (Lipinski definition) is 1. The Morgan fingerprint density at radius 3 is 2.40 bits per heavy atom. The van der Waals surface area contributed by atoms with Crippen molar-refractivity contribution in [2.24, 2.45) is 5.92 Å². The zero-order valence-electron chi connectivity index (χ0n) is 14.0. The first-order valence-corrected chi connectivity index (χ1v) is 8.56. The third-order valence-corrected chi connectivity index (χ3v) is 4.66. The van der Waals surface area contributed by atoms with Crippen LogP contribution < -0.4 is 5.32 Å². The summed E-state index contributed by atoms with van der Waals surface area (Å²) in [6.07, 6.45) is 8.67. The molecule has 1 fully saturated rings. The van der Waals surface area contributed by atoms with Crippen LogP contribution >= 0.6 is 0 Å². The fourth-order valence-electron chi connectivity index (χ4n) is 3.66. The van der Waals surface area contributed by atoms with Crippen LogP contribution in [0.25, 0.3) is 0 Å². The Bertz CT molecular complexity index is 234. The number of ether oxygens (including phenoxy) is 2. The van der Waals surface area contributed by atoms with Crippen molar-refractivity contribution in [2.75, 3.05) is 26.9 Å². The van der Waals surface area contributed by atoms with Crippen molar-refractivity contribution in [2.45, 2.75) is 77.4 Å². The van der Waals surface area contributed by atoms with Gasteiger partial charge in [-0.3, -0.25) is 0 Å². The van der Waals surface area contributed by atoms with Crippen molar-refractivity contribution < 1.29 is 9.47 Å². The fraction of sp³-hybridized carbons (Fsp3) is 1.00. The Morgan fingerprint density at radius 2 is 1.85 bits per heavy atom. The Labute approximate surface area is 125 Å². The fourth-order valence-corrected chi connectivity index (χ4v) is 3.66. The molecule has 1 saturated carbocycles. The molecule has 120 valence electrons. The molecule has 3 nitrogen and oxygen atoms in total. The summed E-state index contributed by atoms with van der Waals surface area (Å²) in [5, 5.41) is 3.79. The minimum Gasteiger partial charge on any atom is -0.385 e. The Balaban J connectivity index is 2.79. The summed E-state index contributed by atoms with van der Waals surface area (Å²) in [6.45, 7) is 9.46. The van der Waals surface area contributed by atoms with E-state index in [9.17, 15) is 0 Å². The zero-order valence-corrected chi connectivity index (χ0v) is 14.0. The molecule has 3 heteroatoms. The number of methoxy groups -OCH3 is 1. The van der Waals surface area contributed by atoms with Crippen LogP contribution in [0.3, 0.4) is 0 Å². The first-order valence-electron chi connectivity index (χ1n) is 8.56. The van der Waals surface area contributed by atoms with E-state index in [1.165, 1.54) is 38.5 Å². The van der Waals surface area contributed by atoms with Crippen molar-refractivity contribution in [1.82, 2.24) is 5.32 Å². The number of hydrogen-bond acceptors (Lipinski definition) is 3. The summed E-state index contributed by atoms with van der Waals surface area (Å²) in [6, 6.07) is 0.456. The van der Waals surface area contributed by atoms with Crippen molar-refractivity contribution in [3.05, 3.63) is 0 Å². The highest BCUT2D eigenvalue weighted by Gasteiger charge is 2.42. The normalized spacial score (nSPS) is 21.6. The molecule has 1 rings (SSSR count). The van der Waals surface area contributed by atoms with Gasteiger partial charge in [-0.2, -0.15) is 0 Å². The largest absolute Gasteiger partial charge is 0.385 e. The predicted molar refractivity (Wildman–Crippen MR) is 85.2 cm³/mol. The van der Waals surface area contributed by atoms with Crippen LogP contribution in [0.1, 0.15) is 65.7 Å². The average Bonchev–Trinajstić information content (AvgIpc) is 2.46. The van der Waals surface area contributed by atoms with Crippen LogP contribution in [0.5, 0.6) is 0 Å². The van der Waals surface area contributed by atoms with Gasteiger partial charge in [-0.15, -0.1) is 0 Å². The van der Waals surface area contributed by atoms with Gasteiger partial charge in [0.1, 0.15) is 0 Å². The van der Waals surface area contributed by atoms with Crippen molar-refractivity contribution in [3.63, 3.8) is 0 Å². The summed E-state index contributed by atoms with van der Waals surface area (Å²) in [5.41, 5.74) is 0.0509. The molecule has 0 aromatic heterocycles.